The van der Waals surface area contributed by atoms with E-state index in [1.165, 1.54) is 12.8 Å². The fraction of sp³-hybridized carbons (Fsp3) is 0.600. The largest absolute Gasteiger partial charge is 0.416 e. The lowest BCUT2D eigenvalue weighted by Gasteiger charge is -2.38. The molecular weight excluding hydrogens is 251 g/mol. The monoisotopic (exact) mass is 271 g/mol. The molecular formula is C15H20F3N. The Labute approximate surface area is 112 Å². The maximum absolute atomic E-state index is 12.4. The number of alkyl halides is 3. The van der Waals surface area contributed by atoms with E-state index in [1.807, 2.05) is 0 Å². The van der Waals surface area contributed by atoms with Crippen molar-refractivity contribution < 1.29 is 13.2 Å². The fourth-order valence-electron chi connectivity index (χ4n) is 2.45. The Morgan fingerprint density at radius 1 is 1.16 bits per heavy atom. The first-order valence-electron chi connectivity index (χ1n) is 6.76. The van der Waals surface area contributed by atoms with Gasteiger partial charge >= 0.3 is 6.18 Å². The molecule has 0 saturated heterocycles. The third-order valence-corrected chi connectivity index (χ3v) is 3.99. The van der Waals surface area contributed by atoms with Crippen LogP contribution in [-0.4, -0.2) is 6.04 Å². The number of benzene rings is 1. The highest BCUT2D eigenvalue weighted by Crippen LogP contribution is 2.33. The normalized spacial score (nSPS) is 23.5. The summed E-state index contributed by atoms with van der Waals surface area (Å²) < 4.78 is 37.2. The van der Waals surface area contributed by atoms with Crippen molar-refractivity contribution >= 4 is 0 Å². The van der Waals surface area contributed by atoms with Gasteiger partial charge in [0, 0.05) is 12.6 Å². The van der Waals surface area contributed by atoms with E-state index >= 15 is 0 Å². The zero-order chi connectivity index (χ0) is 14.0. The Balaban J connectivity index is 1.79. The Morgan fingerprint density at radius 3 is 2.21 bits per heavy atom. The Bertz CT molecular complexity index is 402. The summed E-state index contributed by atoms with van der Waals surface area (Å²) in [6.07, 6.45) is -1.89. The van der Waals surface area contributed by atoms with E-state index in [0.717, 1.165) is 29.5 Å². The first-order valence-corrected chi connectivity index (χ1v) is 6.76. The third-order valence-electron chi connectivity index (χ3n) is 3.99. The average molecular weight is 271 g/mol. The van der Waals surface area contributed by atoms with Crippen molar-refractivity contribution in [3.8, 4) is 0 Å². The fourth-order valence-corrected chi connectivity index (χ4v) is 2.45. The summed E-state index contributed by atoms with van der Waals surface area (Å²) in [5.74, 6) is 1.52. The van der Waals surface area contributed by atoms with Crippen molar-refractivity contribution in [3.63, 3.8) is 0 Å². The zero-order valence-corrected chi connectivity index (χ0v) is 11.3. The molecule has 1 fully saturated rings. The van der Waals surface area contributed by atoms with Crippen LogP contribution in [0.25, 0.3) is 0 Å². The van der Waals surface area contributed by atoms with Crippen molar-refractivity contribution in [2.45, 2.75) is 45.5 Å². The van der Waals surface area contributed by atoms with Crippen LogP contribution in [0.2, 0.25) is 0 Å². The van der Waals surface area contributed by atoms with Gasteiger partial charge in [0.1, 0.15) is 0 Å². The average Bonchev–Trinajstić information content (AvgIpc) is 2.25. The number of hydrogen-bond acceptors (Lipinski definition) is 1. The molecule has 1 aromatic carbocycles. The first kappa shape index (κ1) is 14.4. The van der Waals surface area contributed by atoms with Crippen LogP contribution in [0.1, 0.15) is 37.8 Å². The molecule has 1 aliphatic rings. The lowest BCUT2D eigenvalue weighted by Crippen LogP contribution is -2.42. The van der Waals surface area contributed by atoms with Crippen LogP contribution >= 0.6 is 0 Å². The van der Waals surface area contributed by atoms with E-state index in [0.29, 0.717) is 12.6 Å². The number of hydrogen-bond donors (Lipinski definition) is 1. The molecule has 0 amide bonds. The van der Waals surface area contributed by atoms with E-state index in [1.54, 1.807) is 12.1 Å². The van der Waals surface area contributed by atoms with Gasteiger partial charge in [-0.05, 0) is 42.4 Å². The van der Waals surface area contributed by atoms with Gasteiger partial charge in [-0.1, -0.05) is 26.0 Å². The summed E-state index contributed by atoms with van der Waals surface area (Å²) in [6.45, 7) is 5.11. The second kappa shape index (κ2) is 5.53. The first-order chi connectivity index (χ1) is 8.86. The molecule has 1 N–H and O–H groups in total. The maximum Gasteiger partial charge on any atom is 0.416 e. The summed E-state index contributed by atoms with van der Waals surface area (Å²) >= 11 is 0. The Kier molecular flexibility index (Phi) is 4.19. The highest BCUT2D eigenvalue weighted by atomic mass is 19.4. The Hall–Kier alpha value is -1.03. The molecule has 1 saturated carbocycles. The second-order valence-electron chi connectivity index (χ2n) is 5.75. The number of rotatable bonds is 4. The predicted molar refractivity (Wildman–Crippen MR) is 69.6 cm³/mol. The number of halogens is 3. The number of nitrogens with one attached hydrogen (secondary N) is 1. The van der Waals surface area contributed by atoms with Crippen LogP contribution in [0.15, 0.2) is 24.3 Å². The molecule has 0 spiro atoms. The quantitative estimate of drug-likeness (QED) is 0.864. The summed E-state index contributed by atoms with van der Waals surface area (Å²) in [5.41, 5.74) is 0.320. The van der Waals surface area contributed by atoms with Crippen LogP contribution in [0.4, 0.5) is 13.2 Å². The van der Waals surface area contributed by atoms with Gasteiger partial charge < -0.3 is 5.32 Å². The highest BCUT2D eigenvalue weighted by molar-refractivity contribution is 5.24. The smallest absolute Gasteiger partial charge is 0.310 e. The molecule has 0 bridgehead atoms. The highest BCUT2D eigenvalue weighted by Gasteiger charge is 2.31. The van der Waals surface area contributed by atoms with Crippen molar-refractivity contribution in [2.24, 2.45) is 11.8 Å². The van der Waals surface area contributed by atoms with Gasteiger partial charge in [0.05, 0.1) is 5.56 Å². The molecule has 106 valence electrons. The van der Waals surface area contributed by atoms with E-state index in [2.05, 4.69) is 19.2 Å². The van der Waals surface area contributed by atoms with Gasteiger partial charge in [0.2, 0.25) is 0 Å². The Morgan fingerprint density at radius 2 is 1.74 bits per heavy atom. The summed E-state index contributed by atoms with van der Waals surface area (Å²) in [7, 11) is 0. The maximum atomic E-state index is 12.4. The lowest BCUT2D eigenvalue weighted by molar-refractivity contribution is -0.137. The predicted octanol–water partition coefficient (Wildman–Crippen LogP) is 4.23. The molecule has 0 heterocycles. The van der Waals surface area contributed by atoms with Crippen LogP contribution in [0.3, 0.4) is 0 Å². The van der Waals surface area contributed by atoms with Crippen LogP contribution < -0.4 is 5.32 Å². The van der Waals surface area contributed by atoms with Gasteiger partial charge in [-0.3, -0.25) is 0 Å². The molecule has 0 radical (unpaired) electrons. The summed E-state index contributed by atoms with van der Waals surface area (Å²) in [6, 6.07) is 5.92. The standard InChI is InChI=1S/C15H20F3N/c1-10(2)12-7-14(8-12)19-9-11-3-5-13(6-4-11)15(16,17)18/h3-6,10,12,14,19H,7-9H2,1-2H3. The van der Waals surface area contributed by atoms with E-state index in [4.69, 9.17) is 0 Å². The zero-order valence-electron chi connectivity index (χ0n) is 11.3. The minimum absolute atomic E-state index is 0.523. The SMILES string of the molecule is CC(C)C1CC(NCc2ccc(C(F)(F)F)cc2)C1. The summed E-state index contributed by atoms with van der Waals surface area (Å²) in [4.78, 5) is 0. The molecule has 1 aliphatic carbocycles. The molecule has 4 heteroatoms. The molecule has 0 unspecified atom stereocenters. The molecule has 2 rings (SSSR count). The third kappa shape index (κ3) is 3.72. The van der Waals surface area contributed by atoms with Gasteiger partial charge in [0.15, 0.2) is 0 Å². The van der Waals surface area contributed by atoms with Crippen LogP contribution in [-0.2, 0) is 12.7 Å². The van der Waals surface area contributed by atoms with Crippen molar-refractivity contribution in [3.05, 3.63) is 35.4 Å². The molecule has 1 aromatic rings. The molecule has 0 aromatic heterocycles. The van der Waals surface area contributed by atoms with Crippen molar-refractivity contribution in [2.75, 3.05) is 0 Å². The van der Waals surface area contributed by atoms with Gasteiger partial charge in [-0.2, -0.15) is 13.2 Å². The second-order valence-corrected chi connectivity index (χ2v) is 5.75. The van der Waals surface area contributed by atoms with E-state index in [-0.39, 0.29) is 0 Å². The van der Waals surface area contributed by atoms with Crippen LogP contribution in [0, 0.1) is 11.8 Å². The van der Waals surface area contributed by atoms with E-state index in [9.17, 15) is 13.2 Å². The lowest BCUT2D eigenvalue weighted by atomic mass is 9.73. The topological polar surface area (TPSA) is 12.0 Å². The van der Waals surface area contributed by atoms with Crippen molar-refractivity contribution in [1.82, 2.24) is 5.32 Å². The molecule has 19 heavy (non-hydrogen) atoms. The minimum atomic E-state index is -4.25. The summed E-state index contributed by atoms with van der Waals surface area (Å²) in [5, 5.41) is 3.40. The molecule has 1 nitrogen and oxygen atoms in total. The molecule has 0 atom stereocenters. The van der Waals surface area contributed by atoms with Crippen molar-refractivity contribution in [1.29, 1.82) is 0 Å². The van der Waals surface area contributed by atoms with Gasteiger partial charge in [-0.25, -0.2) is 0 Å². The molecule has 0 aliphatic heterocycles. The van der Waals surface area contributed by atoms with E-state index < -0.39 is 11.7 Å². The van der Waals surface area contributed by atoms with Crippen LogP contribution in [0.5, 0.6) is 0 Å². The van der Waals surface area contributed by atoms with Gasteiger partial charge in [0.25, 0.3) is 0 Å². The van der Waals surface area contributed by atoms with Gasteiger partial charge in [-0.15, -0.1) is 0 Å². The minimum Gasteiger partial charge on any atom is -0.310 e.